The zero-order valence-corrected chi connectivity index (χ0v) is 12.7. The summed E-state index contributed by atoms with van der Waals surface area (Å²) in [6, 6.07) is 0.311. The van der Waals surface area contributed by atoms with E-state index in [0.29, 0.717) is 12.0 Å². The molecule has 3 N–H and O–H groups in total. The molecule has 2 heterocycles. The van der Waals surface area contributed by atoms with Crippen molar-refractivity contribution in [2.45, 2.75) is 64.0 Å². The van der Waals surface area contributed by atoms with Crippen molar-refractivity contribution in [3.8, 4) is 0 Å². The van der Waals surface area contributed by atoms with Gasteiger partial charge in [-0.3, -0.25) is 16.2 Å². The fourth-order valence-electron chi connectivity index (χ4n) is 3.79. The molecule has 0 radical (unpaired) electrons. The summed E-state index contributed by atoms with van der Waals surface area (Å²) in [5.74, 6) is 6.44. The molecule has 2 atom stereocenters. The number of ether oxygens (including phenoxy) is 1. The zero-order valence-electron chi connectivity index (χ0n) is 12.7. The number of hydrazine groups is 1. The Morgan fingerprint density at radius 2 is 1.84 bits per heavy atom. The maximum Gasteiger partial charge on any atom is 0.0510 e. The van der Waals surface area contributed by atoms with Crippen LogP contribution in [0.5, 0.6) is 0 Å². The van der Waals surface area contributed by atoms with Crippen molar-refractivity contribution in [2.24, 2.45) is 11.8 Å². The highest BCUT2D eigenvalue weighted by Gasteiger charge is 2.40. The van der Waals surface area contributed by atoms with Crippen molar-refractivity contribution in [1.29, 1.82) is 0 Å². The Hall–Kier alpha value is -0.160. The molecule has 4 heteroatoms. The van der Waals surface area contributed by atoms with Crippen molar-refractivity contribution in [3.63, 3.8) is 0 Å². The molecule has 112 valence electrons. The second kappa shape index (κ2) is 7.02. The van der Waals surface area contributed by atoms with Crippen LogP contribution in [-0.4, -0.2) is 42.8 Å². The molecule has 4 nitrogen and oxygen atoms in total. The molecule has 19 heavy (non-hydrogen) atoms. The van der Waals surface area contributed by atoms with Crippen molar-refractivity contribution >= 4 is 0 Å². The minimum absolute atomic E-state index is 0.102. The molecule has 2 fully saturated rings. The molecule has 2 aliphatic rings. The molecule has 2 aliphatic heterocycles. The van der Waals surface area contributed by atoms with Crippen LogP contribution >= 0.6 is 0 Å². The van der Waals surface area contributed by atoms with Gasteiger partial charge in [-0.2, -0.15) is 0 Å². The first-order valence-corrected chi connectivity index (χ1v) is 7.95. The molecule has 0 aromatic carbocycles. The smallest absolute Gasteiger partial charge is 0.0510 e. The Morgan fingerprint density at radius 1 is 1.16 bits per heavy atom. The molecule has 0 saturated carbocycles. The van der Waals surface area contributed by atoms with Crippen LogP contribution in [0.2, 0.25) is 0 Å². The van der Waals surface area contributed by atoms with Gasteiger partial charge in [0.2, 0.25) is 0 Å². The summed E-state index contributed by atoms with van der Waals surface area (Å²) in [5, 5.41) is 0. The van der Waals surface area contributed by atoms with E-state index >= 15 is 0 Å². The first-order chi connectivity index (χ1) is 9.16. The third-order valence-corrected chi connectivity index (χ3v) is 5.03. The van der Waals surface area contributed by atoms with E-state index in [9.17, 15) is 0 Å². The van der Waals surface area contributed by atoms with Crippen molar-refractivity contribution in [2.75, 3.05) is 26.3 Å². The summed E-state index contributed by atoms with van der Waals surface area (Å²) in [7, 11) is 0. The summed E-state index contributed by atoms with van der Waals surface area (Å²) in [6.07, 6.45) is 7.79. The van der Waals surface area contributed by atoms with Crippen LogP contribution in [0.4, 0.5) is 0 Å². The van der Waals surface area contributed by atoms with Gasteiger partial charge in [0.05, 0.1) is 6.61 Å². The molecule has 2 rings (SSSR count). The van der Waals surface area contributed by atoms with Gasteiger partial charge >= 0.3 is 0 Å². The van der Waals surface area contributed by atoms with Gasteiger partial charge in [-0.15, -0.1) is 0 Å². The highest BCUT2D eigenvalue weighted by Crippen LogP contribution is 2.30. The van der Waals surface area contributed by atoms with Crippen LogP contribution in [0.25, 0.3) is 0 Å². The number of nitrogens with one attached hydrogen (secondary N) is 1. The summed E-state index contributed by atoms with van der Waals surface area (Å²) >= 11 is 0. The van der Waals surface area contributed by atoms with E-state index in [-0.39, 0.29) is 5.54 Å². The maximum atomic E-state index is 5.90. The van der Waals surface area contributed by atoms with Crippen LogP contribution < -0.4 is 11.3 Å². The van der Waals surface area contributed by atoms with Gasteiger partial charge in [-0.1, -0.05) is 12.8 Å². The van der Waals surface area contributed by atoms with E-state index in [0.717, 1.165) is 13.2 Å². The molecule has 0 bridgehead atoms. The predicted molar refractivity (Wildman–Crippen MR) is 78.8 cm³/mol. The highest BCUT2D eigenvalue weighted by atomic mass is 16.5. The summed E-state index contributed by atoms with van der Waals surface area (Å²) in [4.78, 5) is 2.64. The van der Waals surface area contributed by atoms with Crippen molar-refractivity contribution in [3.05, 3.63) is 0 Å². The lowest BCUT2D eigenvalue weighted by Crippen LogP contribution is -2.63. The van der Waals surface area contributed by atoms with E-state index < -0.39 is 0 Å². The first-order valence-electron chi connectivity index (χ1n) is 7.95. The topological polar surface area (TPSA) is 50.5 Å². The van der Waals surface area contributed by atoms with Gasteiger partial charge in [-0.05, 0) is 52.6 Å². The first kappa shape index (κ1) is 15.2. The Bertz CT molecular complexity index is 256. The second-order valence-corrected chi connectivity index (χ2v) is 6.68. The lowest BCUT2D eigenvalue weighted by atomic mass is 9.80. The lowest BCUT2D eigenvalue weighted by molar-refractivity contribution is -0.00759. The normalized spacial score (nSPS) is 28.9. The number of rotatable bonds is 4. The second-order valence-electron chi connectivity index (χ2n) is 6.68. The van der Waals surface area contributed by atoms with E-state index in [2.05, 4.69) is 24.2 Å². The van der Waals surface area contributed by atoms with Crippen LogP contribution in [0.3, 0.4) is 0 Å². The van der Waals surface area contributed by atoms with Gasteiger partial charge in [0, 0.05) is 24.1 Å². The predicted octanol–water partition coefficient (Wildman–Crippen LogP) is 1.90. The number of likely N-dealkylation sites (tertiary alicyclic amines) is 1. The third-order valence-electron chi connectivity index (χ3n) is 5.03. The fraction of sp³-hybridized carbons (Fsp3) is 1.00. The van der Waals surface area contributed by atoms with Crippen LogP contribution in [0.15, 0.2) is 0 Å². The van der Waals surface area contributed by atoms with Crippen molar-refractivity contribution < 1.29 is 4.74 Å². The summed E-state index contributed by atoms with van der Waals surface area (Å²) in [6.45, 7) is 8.87. The Morgan fingerprint density at radius 3 is 2.37 bits per heavy atom. The fourth-order valence-corrected chi connectivity index (χ4v) is 3.79. The molecule has 2 unspecified atom stereocenters. The van der Waals surface area contributed by atoms with Crippen LogP contribution in [0.1, 0.15) is 52.4 Å². The number of hydrogen-bond acceptors (Lipinski definition) is 4. The van der Waals surface area contributed by atoms with Gasteiger partial charge in [0.15, 0.2) is 0 Å². The molecule has 0 amide bonds. The molecule has 0 spiro atoms. The number of hydrogen-bond donors (Lipinski definition) is 2. The minimum atomic E-state index is 0.102. The maximum absolute atomic E-state index is 5.90. The van der Waals surface area contributed by atoms with Gasteiger partial charge in [0.1, 0.15) is 0 Å². The van der Waals surface area contributed by atoms with Crippen molar-refractivity contribution in [1.82, 2.24) is 10.3 Å². The van der Waals surface area contributed by atoms with E-state index in [1.807, 2.05) is 0 Å². The monoisotopic (exact) mass is 269 g/mol. The minimum Gasteiger partial charge on any atom is -0.381 e. The molecular formula is C15H31N3O. The lowest BCUT2D eigenvalue weighted by Gasteiger charge is -2.47. The van der Waals surface area contributed by atoms with Crippen LogP contribution in [-0.2, 0) is 4.74 Å². The Balaban J connectivity index is 2.04. The van der Waals surface area contributed by atoms with Gasteiger partial charge in [-0.25, -0.2) is 0 Å². The Kier molecular flexibility index (Phi) is 5.63. The largest absolute Gasteiger partial charge is 0.381 e. The Labute approximate surface area is 118 Å². The molecular weight excluding hydrogens is 238 g/mol. The van der Waals surface area contributed by atoms with Gasteiger partial charge < -0.3 is 4.74 Å². The van der Waals surface area contributed by atoms with E-state index in [4.69, 9.17) is 10.6 Å². The zero-order chi connectivity index (χ0) is 13.7. The summed E-state index contributed by atoms with van der Waals surface area (Å²) < 4.78 is 5.66. The average Bonchev–Trinajstić information content (AvgIpc) is 2.70. The van der Waals surface area contributed by atoms with E-state index in [1.165, 1.54) is 51.6 Å². The van der Waals surface area contributed by atoms with Crippen LogP contribution in [0, 0.1) is 5.92 Å². The van der Waals surface area contributed by atoms with Gasteiger partial charge in [0.25, 0.3) is 0 Å². The quantitative estimate of drug-likeness (QED) is 0.604. The average molecular weight is 269 g/mol. The summed E-state index contributed by atoms with van der Waals surface area (Å²) in [5.41, 5.74) is 3.21. The molecule has 0 aliphatic carbocycles. The highest BCUT2D eigenvalue weighted by molar-refractivity contribution is 4.97. The third kappa shape index (κ3) is 3.69. The number of nitrogens with zero attached hydrogens (tertiary/aromatic N) is 1. The molecule has 0 aromatic rings. The standard InChI is InChI=1S/C15H31N3O/c1-15(2,18-9-5-3-4-6-10-18)14(17-16)13-8-7-11-19-12-13/h13-14,17H,3-12,16H2,1-2H3. The van der Waals surface area contributed by atoms with E-state index in [1.54, 1.807) is 0 Å². The molecule has 2 saturated heterocycles. The number of nitrogens with two attached hydrogens (primary N) is 1. The molecule has 0 aromatic heterocycles. The SMILES string of the molecule is CC(C)(C(NN)C1CCCOC1)N1CCCCCC1.